The number of hydrogen-bond acceptors (Lipinski definition) is 4. The summed E-state index contributed by atoms with van der Waals surface area (Å²) in [6.45, 7) is 0. The molecule has 0 atom stereocenters. The summed E-state index contributed by atoms with van der Waals surface area (Å²) in [5.74, 6) is 0. The number of nitrogen functional groups attached to an aromatic ring is 1. The summed E-state index contributed by atoms with van der Waals surface area (Å²) in [4.78, 5) is 4.03. The number of rotatable bonds is 0. The Hall–Kier alpha value is -1.31. The van der Waals surface area contributed by atoms with E-state index in [1.807, 2.05) is 6.07 Å². The smallest absolute Gasteiger partial charge is 0.181 e. The lowest BCUT2D eigenvalue weighted by atomic mass is 10.2. The van der Waals surface area contributed by atoms with Gasteiger partial charge in [-0.2, -0.15) is 5.26 Å². The van der Waals surface area contributed by atoms with Crippen LogP contribution in [0.4, 0.5) is 5.13 Å². The van der Waals surface area contributed by atoms with Gasteiger partial charge in [0, 0.05) is 0 Å². The van der Waals surface area contributed by atoms with Crippen LogP contribution in [-0.4, -0.2) is 4.98 Å². The van der Waals surface area contributed by atoms with Crippen LogP contribution in [0.2, 0.25) is 5.02 Å². The zero-order chi connectivity index (χ0) is 9.42. The molecule has 0 unspecified atom stereocenters. The second-order valence-corrected chi connectivity index (χ2v) is 3.87. The van der Waals surface area contributed by atoms with Crippen molar-refractivity contribution in [1.82, 2.24) is 4.98 Å². The summed E-state index contributed by atoms with van der Waals surface area (Å²) < 4.78 is 0.776. The fourth-order valence-corrected chi connectivity index (χ4v) is 2.11. The van der Waals surface area contributed by atoms with Crippen molar-refractivity contribution in [2.45, 2.75) is 0 Å². The molecule has 0 saturated heterocycles. The molecule has 0 fully saturated rings. The highest BCUT2D eigenvalue weighted by molar-refractivity contribution is 7.22. The standard InChI is InChI=1S/C8H4ClN3S/c9-5-2-1-4(3-10)6-7(5)13-8(11)12-6/h1-2H,(H2,11,12). The van der Waals surface area contributed by atoms with E-state index in [0.29, 0.717) is 21.2 Å². The summed E-state index contributed by atoms with van der Waals surface area (Å²) in [6.07, 6.45) is 0. The van der Waals surface area contributed by atoms with E-state index in [1.54, 1.807) is 12.1 Å². The van der Waals surface area contributed by atoms with Crippen LogP contribution >= 0.6 is 22.9 Å². The number of nitrogens with two attached hydrogens (primary N) is 1. The zero-order valence-electron chi connectivity index (χ0n) is 6.41. The van der Waals surface area contributed by atoms with Gasteiger partial charge in [0.25, 0.3) is 0 Å². The molecule has 0 bridgehead atoms. The molecule has 1 heterocycles. The van der Waals surface area contributed by atoms with Gasteiger partial charge in [-0.25, -0.2) is 4.98 Å². The van der Waals surface area contributed by atoms with Gasteiger partial charge in [-0.1, -0.05) is 22.9 Å². The van der Waals surface area contributed by atoms with Gasteiger partial charge >= 0.3 is 0 Å². The predicted molar refractivity (Wildman–Crippen MR) is 53.8 cm³/mol. The fraction of sp³-hybridized carbons (Fsp3) is 0. The number of fused-ring (bicyclic) bond motifs is 1. The number of benzene rings is 1. The molecule has 0 aliphatic rings. The van der Waals surface area contributed by atoms with Gasteiger partial charge in [-0.15, -0.1) is 0 Å². The monoisotopic (exact) mass is 209 g/mol. The van der Waals surface area contributed by atoms with Gasteiger partial charge in [0.15, 0.2) is 5.13 Å². The largest absolute Gasteiger partial charge is 0.375 e. The lowest BCUT2D eigenvalue weighted by Crippen LogP contribution is -1.81. The Morgan fingerprint density at radius 1 is 1.54 bits per heavy atom. The average Bonchev–Trinajstić information content (AvgIpc) is 2.48. The van der Waals surface area contributed by atoms with Gasteiger partial charge < -0.3 is 5.73 Å². The maximum atomic E-state index is 8.77. The quantitative estimate of drug-likeness (QED) is 0.725. The molecule has 0 saturated carbocycles. The van der Waals surface area contributed by atoms with Crippen LogP contribution in [0.3, 0.4) is 0 Å². The Morgan fingerprint density at radius 3 is 3.00 bits per heavy atom. The number of nitriles is 1. The number of halogens is 1. The molecule has 1 aromatic carbocycles. The molecule has 13 heavy (non-hydrogen) atoms. The van der Waals surface area contributed by atoms with Gasteiger partial charge in [0.05, 0.1) is 15.3 Å². The van der Waals surface area contributed by atoms with E-state index < -0.39 is 0 Å². The molecule has 0 aliphatic heterocycles. The molecule has 2 aromatic rings. The predicted octanol–water partition coefficient (Wildman–Crippen LogP) is 2.40. The highest BCUT2D eigenvalue weighted by atomic mass is 35.5. The molecule has 64 valence electrons. The van der Waals surface area contributed by atoms with E-state index in [4.69, 9.17) is 22.6 Å². The van der Waals surface area contributed by atoms with Crippen LogP contribution in [-0.2, 0) is 0 Å². The Balaban J connectivity index is 2.94. The molecule has 0 spiro atoms. The van der Waals surface area contributed by atoms with E-state index in [-0.39, 0.29) is 0 Å². The minimum absolute atomic E-state index is 0.430. The van der Waals surface area contributed by atoms with E-state index in [1.165, 1.54) is 11.3 Å². The summed E-state index contributed by atoms with van der Waals surface area (Å²) >= 11 is 7.20. The van der Waals surface area contributed by atoms with Crippen molar-refractivity contribution in [3.8, 4) is 6.07 Å². The first-order valence-electron chi connectivity index (χ1n) is 3.47. The maximum Gasteiger partial charge on any atom is 0.181 e. The van der Waals surface area contributed by atoms with E-state index in [2.05, 4.69) is 4.98 Å². The molecule has 2 rings (SSSR count). The summed E-state index contributed by atoms with van der Waals surface area (Å²) in [6, 6.07) is 5.36. The normalized spacial score (nSPS) is 10.2. The number of thiazole rings is 1. The average molecular weight is 210 g/mol. The first kappa shape index (κ1) is 8.30. The molecule has 5 heteroatoms. The van der Waals surface area contributed by atoms with E-state index >= 15 is 0 Å². The third kappa shape index (κ3) is 1.22. The number of anilines is 1. The van der Waals surface area contributed by atoms with Crippen LogP contribution in [0.15, 0.2) is 12.1 Å². The van der Waals surface area contributed by atoms with Crippen LogP contribution < -0.4 is 5.73 Å². The van der Waals surface area contributed by atoms with Gasteiger partial charge in [-0.05, 0) is 12.1 Å². The second kappa shape index (κ2) is 2.87. The lowest BCUT2D eigenvalue weighted by molar-refractivity contribution is 1.45. The molecule has 1 aromatic heterocycles. The fourth-order valence-electron chi connectivity index (χ4n) is 1.08. The van der Waals surface area contributed by atoms with E-state index in [0.717, 1.165) is 4.70 Å². The van der Waals surface area contributed by atoms with Gasteiger partial charge in [0.2, 0.25) is 0 Å². The van der Waals surface area contributed by atoms with Crippen LogP contribution in [0.5, 0.6) is 0 Å². The molecule has 0 radical (unpaired) electrons. The van der Waals surface area contributed by atoms with Crippen molar-refractivity contribution in [1.29, 1.82) is 5.26 Å². The number of aromatic nitrogens is 1. The van der Waals surface area contributed by atoms with Crippen molar-refractivity contribution in [2.75, 3.05) is 5.73 Å². The Labute approximate surface area is 83.4 Å². The summed E-state index contributed by atoms with van der Waals surface area (Å²) in [7, 11) is 0. The lowest BCUT2D eigenvalue weighted by Gasteiger charge is -1.92. The molecule has 0 amide bonds. The van der Waals surface area contributed by atoms with Crippen molar-refractivity contribution in [2.24, 2.45) is 0 Å². The third-order valence-electron chi connectivity index (χ3n) is 1.63. The second-order valence-electron chi connectivity index (χ2n) is 2.44. The minimum atomic E-state index is 0.430. The highest BCUT2D eigenvalue weighted by Crippen LogP contribution is 2.32. The first-order valence-corrected chi connectivity index (χ1v) is 4.66. The Morgan fingerprint density at radius 2 is 2.31 bits per heavy atom. The summed E-state index contributed by atoms with van der Waals surface area (Å²) in [5, 5.41) is 9.78. The molecular formula is C8H4ClN3S. The first-order chi connectivity index (χ1) is 6.22. The number of nitrogens with zero attached hydrogens (tertiary/aromatic N) is 2. The molecule has 3 nitrogen and oxygen atoms in total. The van der Waals surface area contributed by atoms with Crippen molar-refractivity contribution < 1.29 is 0 Å². The van der Waals surface area contributed by atoms with Crippen molar-refractivity contribution in [3.05, 3.63) is 22.7 Å². The Kier molecular flexibility index (Phi) is 1.83. The van der Waals surface area contributed by atoms with Crippen LogP contribution in [0, 0.1) is 11.3 Å². The summed E-state index contributed by atoms with van der Waals surface area (Å²) in [5.41, 5.74) is 6.62. The Bertz CT molecular complexity index is 512. The van der Waals surface area contributed by atoms with Gasteiger partial charge in [-0.3, -0.25) is 0 Å². The zero-order valence-corrected chi connectivity index (χ0v) is 7.99. The molecule has 2 N–H and O–H groups in total. The maximum absolute atomic E-state index is 8.77. The van der Waals surface area contributed by atoms with Crippen molar-refractivity contribution >= 4 is 38.3 Å². The topological polar surface area (TPSA) is 62.7 Å². The molecular weight excluding hydrogens is 206 g/mol. The van der Waals surface area contributed by atoms with Gasteiger partial charge in [0.1, 0.15) is 11.6 Å². The third-order valence-corrected chi connectivity index (χ3v) is 2.98. The van der Waals surface area contributed by atoms with E-state index in [9.17, 15) is 0 Å². The van der Waals surface area contributed by atoms with Crippen LogP contribution in [0.1, 0.15) is 5.56 Å². The minimum Gasteiger partial charge on any atom is -0.375 e. The molecule has 0 aliphatic carbocycles. The van der Waals surface area contributed by atoms with Crippen LogP contribution in [0.25, 0.3) is 10.2 Å². The highest BCUT2D eigenvalue weighted by Gasteiger charge is 2.09. The van der Waals surface area contributed by atoms with Crippen molar-refractivity contribution in [3.63, 3.8) is 0 Å². The SMILES string of the molecule is N#Cc1ccc(Cl)c2sc(N)nc12. The number of hydrogen-bond donors (Lipinski definition) is 1.